The molecular formula is C16H17BrClNO2. The summed E-state index contributed by atoms with van der Waals surface area (Å²) in [5.74, 6) is 1.54. The van der Waals surface area contributed by atoms with Crippen LogP contribution in [0.25, 0.3) is 0 Å². The van der Waals surface area contributed by atoms with Gasteiger partial charge in [-0.1, -0.05) is 17.7 Å². The summed E-state index contributed by atoms with van der Waals surface area (Å²) in [6.45, 7) is 2.35. The van der Waals surface area contributed by atoms with Crippen molar-refractivity contribution in [2.24, 2.45) is 5.73 Å². The molecule has 2 rings (SSSR count). The van der Waals surface area contributed by atoms with Crippen molar-refractivity contribution >= 4 is 27.5 Å². The molecule has 1 atom stereocenters. The van der Waals surface area contributed by atoms with Gasteiger partial charge in [0.15, 0.2) is 0 Å². The van der Waals surface area contributed by atoms with Crippen LogP contribution in [-0.2, 0) is 6.61 Å². The molecule has 21 heavy (non-hydrogen) atoms. The molecule has 2 aromatic rings. The second-order valence-corrected chi connectivity index (χ2v) is 6.02. The molecule has 1 unspecified atom stereocenters. The molecule has 5 heteroatoms. The smallest absolute Gasteiger partial charge is 0.133 e. The molecule has 112 valence electrons. The highest BCUT2D eigenvalue weighted by Crippen LogP contribution is 2.29. The number of methoxy groups -OCH3 is 1. The maximum Gasteiger partial charge on any atom is 0.133 e. The summed E-state index contributed by atoms with van der Waals surface area (Å²) in [6.07, 6.45) is 0. The first-order valence-corrected chi connectivity index (χ1v) is 7.68. The number of ether oxygens (including phenoxy) is 2. The Bertz CT molecular complexity index is 632. The van der Waals surface area contributed by atoms with E-state index in [0.717, 1.165) is 27.1 Å². The summed E-state index contributed by atoms with van der Waals surface area (Å²) in [5.41, 5.74) is 7.89. The van der Waals surface area contributed by atoms with Gasteiger partial charge in [0.05, 0.1) is 11.6 Å². The molecule has 0 fully saturated rings. The highest BCUT2D eigenvalue weighted by molar-refractivity contribution is 9.10. The Kier molecular flexibility index (Phi) is 5.51. The summed E-state index contributed by atoms with van der Waals surface area (Å²) in [6, 6.07) is 11.2. The van der Waals surface area contributed by atoms with Crippen LogP contribution >= 0.6 is 27.5 Å². The topological polar surface area (TPSA) is 44.5 Å². The normalized spacial score (nSPS) is 12.0. The van der Waals surface area contributed by atoms with Crippen LogP contribution in [0, 0.1) is 0 Å². The third-order valence-electron chi connectivity index (χ3n) is 3.07. The van der Waals surface area contributed by atoms with E-state index in [1.165, 1.54) is 0 Å². The molecule has 2 aromatic carbocycles. The van der Waals surface area contributed by atoms with Crippen LogP contribution in [0.5, 0.6) is 11.5 Å². The maximum atomic E-state index is 6.00. The number of nitrogens with two attached hydrogens (primary N) is 1. The van der Waals surface area contributed by atoms with Crippen molar-refractivity contribution in [2.75, 3.05) is 7.11 Å². The van der Waals surface area contributed by atoms with Crippen molar-refractivity contribution in [2.45, 2.75) is 19.6 Å². The van der Waals surface area contributed by atoms with E-state index >= 15 is 0 Å². The molecule has 0 aliphatic rings. The molecule has 0 aliphatic carbocycles. The van der Waals surface area contributed by atoms with Gasteiger partial charge < -0.3 is 15.2 Å². The fourth-order valence-corrected chi connectivity index (χ4v) is 2.74. The van der Waals surface area contributed by atoms with Gasteiger partial charge in [-0.05, 0) is 58.7 Å². The Balaban J connectivity index is 2.15. The van der Waals surface area contributed by atoms with Crippen molar-refractivity contribution < 1.29 is 9.47 Å². The average molecular weight is 371 g/mol. The number of benzene rings is 2. The Morgan fingerprint density at radius 1 is 1.19 bits per heavy atom. The molecule has 0 bridgehead atoms. The minimum Gasteiger partial charge on any atom is -0.496 e. The lowest BCUT2D eigenvalue weighted by atomic mass is 10.1. The second kappa shape index (κ2) is 7.16. The summed E-state index contributed by atoms with van der Waals surface area (Å²) in [5, 5.41) is 0.654. The SMILES string of the molecule is COc1ccc(COc2ccc(Cl)cc2C(C)N)cc1Br. The van der Waals surface area contributed by atoms with Crippen LogP contribution in [0.3, 0.4) is 0 Å². The largest absolute Gasteiger partial charge is 0.496 e. The van der Waals surface area contributed by atoms with Crippen LogP contribution < -0.4 is 15.2 Å². The van der Waals surface area contributed by atoms with Crippen LogP contribution in [-0.4, -0.2) is 7.11 Å². The van der Waals surface area contributed by atoms with Crippen LogP contribution in [0.4, 0.5) is 0 Å². The van der Waals surface area contributed by atoms with Gasteiger partial charge >= 0.3 is 0 Å². The van der Waals surface area contributed by atoms with Crippen LogP contribution in [0.2, 0.25) is 5.02 Å². The van der Waals surface area contributed by atoms with Crippen LogP contribution in [0.1, 0.15) is 24.1 Å². The molecule has 2 N–H and O–H groups in total. The summed E-state index contributed by atoms with van der Waals surface area (Å²) in [4.78, 5) is 0. The monoisotopic (exact) mass is 369 g/mol. The minimum atomic E-state index is -0.138. The molecular weight excluding hydrogens is 354 g/mol. The minimum absolute atomic E-state index is 0.138. The Labute approximate surface area is 138 Å². The summed E-state index contributed by atoms with van der Waals surface area (Å²) >= 11 is 9.46. The van der Waals surface area contributed by atoms with Crippen molar-refractivity contribution in [3.05, 3.63) is 57.0 Å². The van der Waals surface area contributed by atoms with E-state index < -0.39 is 0 Å². The first kappa shape index (κ1) is 16.1. The average Bonchev–Trinajstić information content (AvgIpc) is 2.46. The first-order valence-electron chi connectivity index (χ1n) is 6.51. The summed E-state index contributed by atoms with van der Waals surface area (Å²) < 4.78 is 12.0. The highest BCUT2D eigenvalue weighted by Gasteiger charge is 2.10. The molecule has 0 saturated carbocycles. The molecule has 0 spiro atoms. The highest BCUT2D eigenvalue weighted by atomic mass is 79.9. The van der Waals surface area contributed by atoms with E-state index in [1.807, 2.05) is 37.3 Å². The van der Waals surface area contributed by atoms with Crippen molar-refractivity contribution in [1.82, 2.24) is 0 Å². The van der Waals surface area contributed by atoms with Crippen molar-refractivity contribution in [3.8, 4) is 11.5 Å². The molecule has 3 nitrogen and oxygen atoms in total. The lowest BCUT2D eigenvalue weighted by Gasteiger charge is -2.15. The van der Waals surface area contributed by atoms with E-state index in [1.54, 1.807) is 13.2 Å². The van der Waals surface area contributed by atoms with Gasteiger partial charge in [-0.2, -0.15) is 0 Å². The zero-order chi connectivity index (χ0) is 15.4. The fourth-order valence-electron chi connectivity index (χ4n) is 1.97. The lowest BCUT2D eigenvalue weighted by Crippen LogP contribution is -2.08. The van der Waals surface area contributed by atoms with E-state index in [2.05, 4.69) is 15.9 Å². The molecule has 0 saturated heterocycles. The van der Waals surface area contributed by atoms with Crippen LogP contribution in [0.15, 0.2) is 40.9 Å². The lowest BCUT2D eigenvalue weighted by molar-refractivity contribution is 0.301. The third-order valence-corrected chi connectivity index (χ3v) is 3.93. The van der Waals surface area contributed by atoms with Crippen molar-refractivity contribution in [3.63, 3.8) is 0 Å². The Morgan fingerprint density at radius 3 is 2.52 bits per heavy atom. The van der Waals surface area contributed by atoms with E-state index in [-0.39, 0.29) is 6.04 Å². The van der Waals surface area contributed by atoms with E-state index in [4.69, 9.17) is 26.8 Å². The predicted molar refractivity (Wildman–Crippen MR) is 89.1 cm³/mol. The molecule has 0 aliphatic heterocycles. The molecule has 0 aromatic heterocycles. The fraction of sp³-hybridized carbons (Fsp3) is 0.250. The van der Waals surface area contributed by atoms with Gasteiger partial charge in [0.1, 0.15) is 18.1 Å². The Hall–Kier alpha value is -1.23. The van der Waals surface area contributed by atoms with E-state index in [9.17, 15) is 0 Å². The number of hydrogen-bond donors (Lipinski definition) is 1. The predicted octanol–water partition coefficient (Wildman–Crippen LogP) is 4.71. The van der Waals surface area contributed by atoms with Gasteiger partial charge in [-0.25, -0.2) is 0 Å². The number of halogens is 2. The maximum absolute atomic E-state index is 6.00. The summed E-state index contributed by atoms with van der Waals surface area (Å²) in [7, 11) is 1.64. The van der Waals surface area contributed by atoms with Gasteiger partial charge in [0.2, 0.25) is 0 Å². The molecule has 0 amide bonds. The first-order chi connectivity index (χ1) is 10.0. The third kappa shape index (κ3) is 4.13. The number of rotatable bonds is 5. The van der Waals surface area contributed by atoms with Gasteiger partial charge in [-0.15, -0.1) is 0 Å². The van der Waals surface area contributed by atoms with Crippen molar-refractivity contribution in [1.29, 1.82) is 0 Å². The standard InChI is InChI=1S/C16H17BrClNO2/c1-10(19)13-8-12(18)4-6-15(13)21-9-11-3-5-16(20-2)14(17)7-11/h3-8,10H,9,19H2,1-2H3. The number of hydrogen-bond acceptors (Lipinski definition) is 3. The van der Waals surface area contributed by atoms with Gasteiger partial charge in [0.25, 0.3) is 0 Å². The van der Waals surface area contributed by atoms with Gasteiger partial charge in [-0.3, -0.25) is 0 Å². The quantitative estimate of drug-likeness (QED) is 0.829. The second-order valence-electron chi connectivity index (χ2n) is 4.73. The Morgan fingerprint density at radius 2 is 1.90 bits per heavy atom. The zero-order valence-electron chi connectivity index (χ0n) is 11.9. The van der Waals surface area contributed by atoms with Gasteiger partial charge in [0, 0.05) is 16.6 Å². The van der Waals surface area contributed by atoms with E-state index in [0.29, 0.717) is 11.6 Å². The molecule has 0 radical (unpaired) electrons. The zero-order valence-corrected chi connectivity index (χ0v) is 14.2. The molecule has 0 heterocycles.